The van der Waals surface area contributed by atoms with Gasteiger partial charge in [0.2, 0.25) is 0 Å². The highest BCUT2D eigenvalue weighted by Crippen LogP contribution is 2.37. The predicted molar refractivity (Wildman–Crippen MR) is 61.9 cm³/mol. The maximum absolute atomic E-state index is 12.2. The topological polar surface area (TPSA) is 30.5 Å². The summed E-state index contributed by atoms with van der Waals surface area (Å²) in [6, 6.07) is 5.62. The monoisotopic (exact) mass is 255 g/mol. The maximum Gasteiger partial charge on any atom is 0.387 e. The molecular formula is C13H15F2NO2. The second-order valence-corrected chi connectivity index (χ2v) is 4.86. The van der Waals surface area contributed by atoms with Crippen molar-refractivity contribution in [3.8, 4) is 5.75 Å². The lowest BCUT2D eigenvalue weighted by Crippen LogP contribution is -2.45. The number of fused-ring (bicyclic) bond motifs is 3. The summed E-state index contributed by atoms with van der Waals surface area (Å²) in [6.45, 7) is -0.0148. The van der Waals surface area contributed by atoms with Crippen molar-refractivity contribution in [2.75, 3.05) is 6.61 Å². The van der Waals surface area contributed by atoms with Gasteiger partial charge in [0.05, 0.1) is 18.8 Å². The fourth-order valence-corrected chi connectivity index (χ4v) is 2.75. The summed E-state index contributed by atoms with van der Waals surface area (Å²) in [5, 5.41) is 3.48. The van der Waals surface area contributed by atoms with E-state index in [0.29, 0.717) is 12.6 Å². The van der Waals surface area contributed by atoms with Crippen LogP contribution in [-0.2, 0) is 11.2 Å². The third-order valence-electron chi connectivity index (χ3n) is 3.49. The van der Waals surface area contributed by atoms with Crippen LogP contribution >= 0.6 is 0 Å². The Balaban J connectivity index is 1.85. The first-order valence-corrected chi connectivity index (χ1v) is 6.09. The number of ether oxygens (including phenoxy) is 2. The standard InChI is InChI=1S/C13H15F2NO2/c1-7-6-17-11-5-8-4-9(18-13(14)15)2-3-10(8)12(11)16-7/h2-4,7,11-13,16H,5-6H2,1H3/t7-,11-,12+/m1/s1. The first-order chi connectivity index (χ1) is 8.63. The molecule has 1 aliphatic heterocycles. The SMILES string of the molecule is C[C@@H]1CO[C@@H]2Cc3cc(OC(F)F)ccc3[C@@H]2N1. The molecule has 1 aromatic rings. The van der Waals surface area contributed by atoms with Gasteiger partial charge in [-0.3, -0.25) is 0 Å². The van der Waals surface area contributed by atoms with Crippen molar-refractivity contribution >= 4 is 0 Å². The molecule has 0 aromatic heterocycles. The number of nitrogens with one attached hydrogen (secondary N) is 1. The molecule has 0 radical (unpaired) electrons. The largest absolute Gasteiger partial charge is 0.435 e. The van der Waals surface area contributed by atoms with E-state index in [2.05, 4.69) is 17.0 Å². The van der Waals surface area contributed by atoms with E-state index in [9.17, 15) is 8.78 Å². The van der Waals surface area contributed by atoms with Crippen molar-refractivity contribution in [3.63, 3.8) is 0 Å². The van der Waals surface area contributed by atoms with Crippen LogP contribution in [0.2, 0.25) is 0 Å². The Bertz CT molecular complexity index is 453. The summed E-state index contributed by atoms with van der Waals surface area (Å²) < 4.78 is 34.5. The first-order valence-electron chi connectivity index (χ1n) is 6.09. The summed E-state index contributed by atoms with van der Waals surface area (Å²) in [4.78, 5) is 0. The quantitative estimate of drug-likeness (QED) is 0.879. The van der Waals surface area contributed by atoms with Crippen molar-refractivity contribution in [1.29, 1.82) is 0 Å². The van der Waals surface area contributed by atoms with Crippen LogP contribution in [0.4, 0.5) is 8.78 Å². The van der Waals surface area contributed by atoms with E-state index >= 15 is 0 Å². The van der Waals surface area contributed by atoms with Crippen molar-refractivity contribution in [1.82, 2.24) is 5.32 Å². The van der Waals surface area contributed by atoms with Crippen molar-refractivity contribution in [2.24, 2.45) is 0 Å². The van der Waals surface area contributed by atoms with Crippen LogP contribution in [0.15, 0.2) is 18.2 Å². The molecule has 0 amide bonds. The molecule has 1 heterocycles. The molecule has 98 valence electrons. The molecule has 0 saturated carbocycles. The predicted octanol–water partition coefficient (Wildman–Crippen LogP) is 2.26. The third-order valence-corrected chi connectivity index (χ3v) is 3.49. The summed E-state index contributed by atoms with van der Waals surface area (Å²) in [5.41, 5.74) is 2.16. The Labute approximate surface area is 104 Å². The highest BCUT2D eigenvalue weighted by Gasteiger charge is 2.37. The Kier molecular flexibility index (Phi) is 2.95. The van der Waals surface area contributed by atoms with Gasteiger partial charge in [-0.2, -0.15) is 8.78 Å². The molecule has 1 aromatic carbocycles. The lowest BCUT2D eigenvalue weighted by atomic mass is 10.1. The Morgan fingerprint density at radius 1 is 1.44 bits per heavy atom. The molecule has 5 heteroatoms. The molecular weight excluding hydrogens is 240 g/mol. The van der Waals surface area contributed by atoms with Crippen molar-refractivity contribution in [2.45, 2.75) is 38.1 Å². The van der Waals surface area contributed by atoms with Crippen LogP contribution in [-0.4, -0.2) is 25.4 Å². The van der Waals surface area contributed by atoms with E-state index in [1.807, 2.05) is 6.07 Å². The number of benzene rings is 1. The van der Waals surface area contributed by atoms with E-state index in [1.165, 1.54) is 0 Å². The lowest BCUT2D eigenvalue weighted by Gasteiger charge is -2.32. The van der Waals surface area contributed by atoms with E-state index in [1.54, 1.807) is 12.1 Å². The number of morpholine rings is 1. The summed E-state index contributed by atoms with van der Waals surface area (Å²) in [6.07, 6.45) is 0.859. The average molecular weight is 255 g/mol. The number of rotatable bonds is 2. The zero-order valence-electron chi connectivity index (χ0n) is 10.0. The molecule has 1 fully saturated rings. The summed E-state index contributed by atoms with van der Waals surface area (Å²) in [5.74, 6) is 0.218. The zero-order valence-corrected chi connectivity index (χ0v) is 10.0. The molecule has 1 saturated heterocycles. The molecule has 2 aliphatic rings. The van der Waals surface area contributed by atoms with Gasteiger partial charge in [0.25, 0.3) is 0 Å². The molecule has 3 atom stereocenters. The Morgan fingerprint density at radius 3 is 3.06 bits per heavy atom. The number of hydrogen-bond donors (Lipinski definition) is 1. The van der Waals surface area contributed by atoms with E-state index in [0.717, 1.165) is 17.5 Å². The first kappa shape index (κ1) is 11.9. The van der Waals surface area contributed by atoms with Gasteiger partial charge in [0, 0.05) is 12.5 Å². The minimum absolute atomic E-state index is 0.109. The smallest absolute Gasteiger partial charge is 0.387 e. The number of alkyl halides is 2. The highest BCUT2D eigenvalue weighted by atomic mass is 19.3. The van der Waals surface area contributed by atoms with E-state index in [4.69, 9.17) is 4.74 Å². The van der Waals surface area contributed by atoms with Gasteiger partial charge in [-0.15, -0.1) is 0 Å². The third kappa shape index (κ3) is 2.08. The molecule has 3 nitrogen and oxygen atoms in total. The van der Waals surface area contributed by atoms with Crippen molar-refractivity contribution < 1.29 is 18.3 Å². The minimum Gasteiger partial charge on any atom is -0.435 e. The summed E-state index contributed by atoms with van der Waals surface area (Å²) >= 11 is 0. The number of halogens is 2. The molecule has 1 N–H and O–H groups in total. The highest BCUT2D eigenvalue weighted by molar-refractivity contribution is 5.42. The van der Waals surface area contributed by atoms with Crippen molar-refractivity contribution in [3.05, 3.63) is 29.3 Å². The van der Waals surface area contributed by atoms with Crippen LogP contribution in [0.5, 0.6) is 5.75 Å². The van der Waals surface area contributed by atoms with Crippen LogP contribution in [0.3, 0.4) is 0 Å². The fourth-order valence-electron chi connectivity index (χ4n) is 2.75. The number of hydrogen-bond acceptors (Lipinski definition) is 3. The average Bonchev–Trinajstić information content (AvgIpc) is 2.65. The molecule has 3 rings (SSSR count). The van der Waals surface area contributed by atoms with Crippen LogP contribution in [0, 0.1) is 0 Å². The van der Waals surface area contributed by atoms with Gasteiger partial charge in [0.1, 0.15) is 5.75 Å². The van der Waals surface area contributed by atoms with Gasteiger partial charge in [-0.25, -0.2) is 0 Å². The van der Waals surface area contributed by atoms with Gasteiger partial charge >= 0.3 is 6.61 Å². The van der Waals surface area contributed by atoms with Crippen LogP contribution in [0.1, 0.15) is 24.1 Å². The van der Waals surface area contributed by atoms with Gasteiger partial charge in [-0.1, -0.05) is 6.07 Å². The van der Waals surface area contributed by atoms with Gasteiger partial charge in [-0.05, 0) is 30.2 Å². The maximum atomic E-state index is 12.2. The Morgan fingerprint density at radius 2 is 2.28 bits per heavy atom. The van der Waals surface area contributed by atoms with Crippen LogP contribution < -0.4 is 10.1 Å². The van der Waals surface area contributed by atoms with E-state index < -0.39 is 6.61 Å². The van der Waals surface area contributed by atoms with E-state index in [-0.39, 0.29) is 17.9 Å². The lowest BCUT2D eigenvalue weighted by molar-refractivity contribution is -0.0498. The fraction of sp³-hybridized carbons (Fsp3) is 0.538. The second kappa shape index (κ2) is 4.48. The van der Waals surface area contributed by atoms with Gasteiger partial charge in [0.15, 0.2) is 0 Å². The molecule has 18 heavy (non-hydrogen) atoms. The minimum atomic E-state index is -2.78. The normalized spacial score (nSPS) is 30.1. The summed E-state index contributed by atoms with van der Waals surface area (Å²) in [7, 11) is 0. The molecule has 0 bridgehead atoms. The molecule has 0 unspecified atom stereocenters. The molecule has 0 spiro atoms. The molecule has 1 aliphatic carbocycles. The Hall–Kier alpha value is -1.20. The van der Waals surface area contributed by atoms with Crippen LogP contribution in [0.25, 0.3) is 0 Å². The zero-order chi connectivity index (χ0) is 12.7. The van der Waals surface area contributed by atoms with Gasteiger partial charge < -0.3 is 14.8 Å². The second-order valence-electron chi connectivity index (χ2n) is 4.86.